The third kappa shape index (κ3) is 5.53. The number of benzene rings is 2. The highest BCUT2D eigenvalue weighted by atomic mass is 31.2. The topological polar surface area (TPSA) is 174 Å². The smallest absolute Gasteiger partial charge is 0.387 e. The molecule has 2 rings (SSSR count). The highest BCUT2D eigenvalue weighted by Crippen LogP contribution is 2.56. The van der Waals surface area contributed by atoms with Crippen LogP contribution in [0.25, 0.3) is 0 Å². The second kappa shape index (κ2) is 8.99. The van der Waals surface area contributed by atoms with Crippen LogP contribution in [0.1, 0.15) is 16.7 Å². The average Bonchev–Trinajstić information content (AvgIpc) is 2.68. The van der Waals surface area contributed by atoms with Crippen LogP contribution in [0.3, 0.4) is 0 Å². The third-order valence-corrected chi connectivity index (χ3v) is 5.25. The lowest BCUT2D eigenvalue weighted by Gasteiger charge is -2.20. The number of alkyl halides is 3. The van der Waals surface area contributed by atoms with Gasteiger partial charge in [-0.3, -0.25) is 34.9 Å². The standard InChI is InChI=1S/C16H13F3N3O10P/c1-8-4-9(2)14(12(5-8)21(25)26)31-33(29,30-3)32-15-11(16(17,18)19)6-10(20(23)24)7-13(15)22(27)28/h4-7H,1-3H3. The number of nitro groups is 3. The largest absolute Gasteiger partial charge is 0.587 e. The fourth-order valence-electron chi connectivity index (χ4n) is 2.65. The highest BCUT2D eigenvalue weighted by molar-refractivity contribution is 7.49. The Labute approximate surface area is 181 Å². The predicted molar refractivity (Wildman–Crippen MR) is 103 cm³/mol. The number of hydrogen-bond donors (Lipinski definition) is 0. The molecule has 1 atom stereocenters. The molecule has 0 aliphatic rings. The van der Waals surface area contributed by atoms with E-state index in [-0.39, 0.29) is 17.7 Å². The average molecular weight is 495 g/mol. The van der Waals surface area contributed by atoms with Gasteiger partial charge in [0.05, 0.1) is 20.8 Å². The summed E-state index contributed by atoms with van der Waals surface area (Å²) in [5, 5.41) is 33.6. The van der Waals surface area contributed by atoms with Crippen LogP contribution in [0.2, 0.25) is 0 Å². The number of rotatable bonds is 8. The molecule has 33 heavy (non-hydrogen) atoms. The summed E-state index contributed by atoms with van der Waals surface area (Å²) < 4.78 is 67.7. The first-order valence-electron chi connectivity index (χ1n) is 8.44. The Morgan fingerprint density at radius 2 is 1.36 bits per heavy atom. The van der Waals surface area contributed by atoms with E-state index in [2.05, 4.69) is 9.05 Å². The molecule has 1 unspecified atom stereocenters. The van der Waals surface area contributed by atoms with Crippen molar-refractivity contribution in [1.82, 2.24) is 0 Å². The summed E-state index contributed by atoms with van der Waals surface area (Å²) in [6, 6.07) is 2.46. The summed E-state index contributed by atoms with van der Waals surface area (Å²) in [4.78, 5) is 29.9. The van der Waals surface area contributed by atoms with Crippen molar-refractivity contribution in [1.29, 1.82) is 0 Å². The number of aryl methyl sites for hydroxylation is 2. The van der Waals surface area contributed by atoms with E-state index < -0.39 is 62.9 Å². The van der Waals surface area contributed by atoms with Gasteiger partial charge in [-0.2, -0.15) is 13.2 Å². The van der Waals surface area contributed by atoms with E-state index in [0.29, 0.717) is 12.7 Å². The lowest BCUT2D eigenvalue weighted by Crippen LogP contribution is -2.13. The normalized spacial score (nSPS) is 13.2. The van der Waals surface area contributed by atoms with Crippen molar-refractivity contribution < 1.29 is 46.1 Å². The molecule has 0 saturated heterocycles. The summed E-state index contributed by atoms with van der Waals surface area (Å²) in [6.45, 7) is 2.79. The maximum atomic E-state index is 13.5. The van der Waals surface area contributed by atoms with Gasteiger partial charge >= 0.3 is 25.4 Å². The Kier molecular flexibility index (Phi) is 6.94. The number of nitrogens with zero attached hydrogens (tertiary/aromatic N) is 3. The van der Waals surface area contributed by atoms with Crippen LogP contribution < -0.4 is 9.05 Å². The van der Waals surface area contributed by atoms with E-state index in [0.717, 1.165) is 6.07 Å². The van der Waals surface area contributed by atoms with E-state index in [1.54, 1.807) is 0 Å². The molecule has 0 aromatic heterocycles. The molecule has 17 heteroatoms. The summed E-state index contributed by atoms with van der Waals surface area (Å²) in [7, 11) is -4.58. The van der Waals surface area contributed by atoms with Gasteiger partial charge in [-0.25, -0.2) is 4.57 Å². The minimum atomic E-state index is -5.43. The van der Waals surface area contributed by atoms with E-state index in [9.17, 15) is 48.1 Å². The fraction of sp³-hybridized carbons (Fsp3) is 0.250. The molecule has 0 N–H and O–H groups in total. The van der Waals surface area contributed by atoms with Gasteiger partial charge in [0, 0.05) is 19.2 Å². The second-order valence-corrected chi connectivity index (χ2v) is 7.98. The summed E-state index contributed by atoms with van der Waals surface area (Å²) in [5.74, 6) is -2.38. The Balaban J connectivity index is 2.72. The maximum absolute atomic E-state index is 13.5. The summed E-state index contributed by atoms with van der Waals surface area (Å²) in [6.07, 6.45) is -5.43. The summed E-state index contributed by atoms with van der Waals surface area (Å²) >= 11 is 0. The number of nitro benzene ring substituents is 3. The molecule has 0 saturated carbocycles. The Bertz CT molecular complexity index is 1200. The Morgan fingerprint density at radius 3 is 1.82 bits per heavy atom. The number of halogens is 3. The van der Waals surface area contributed by atoms with Crippen LogP contribution in [0.4, 0.5) is 30.2 Å². The molecule has 0 aliphatic heterocycles. The highest BCUT2D eigenvalue weighted by Gasteiger charge is 2.45. The zero-order chi connectivity index (χ0) is 25.3. The van der Waals surface area contributed by atoms with Crippen molar-refractivity contribution in [2.24, 2.45) is 0 Å². The van der Waals surface area contributed by atoms with Gasteiger partial charge in [-0.1, -0.05) is 6.07 Å². The molecule has 0 fully saturated rings. The van der Waals surface area contributed by atoms with Gasteiger partial charge in [0.1, 0.15) is 5.56 Å². The Hall–Kier alpha value is -3.78. The van der Waals surface area contributed by atoms with Gasteiger partial charge < -0.3 is 9.05 Å². The molecule has 2 aromatic rings. The van der Waals surface area contributed by atoms with Crippen LogP contribution >= 0.6 is 7.82 Å². The predicted octanol–water partition coefficient (Wildman–Crippen LogP) is 5.26. The minimum Gasteiger partial charge on any atom is -0.387 e. The molecule has 178 valence electrons. The first kappa shape index (κ1) is 25.5. The lowest BCUT2D eigenvalue weighted by molar-refractivity contribution is -0.395. The monoisotopic (exact) mass is 495 g/mol. The fourth-order valence-corrected chi connectivity index (χ4v) is 3.71. The van der Waals surface area contributed by atoms with Crippen molar-refractivity contribution in [3.05, 3.63) is 71.3 Å². The molecule has 2 aromatic carbocycles. The molecule has 13 nitrogen and oxygen atoms in total. The van der Waals surface area contributed by atoms with Crippen LogP contribution in [0.15, 0.2) is 24.3 Å². The first-order valence-corrected chi connectivity index (χ1v) is 9.90. The quantitative estimate of drug-likeness (QED) is 0.267. The maximum Gasteiger partial charge on any atom is 0.587 e. The first-order chi connectivity index (χ1) is 15.1. The zero-order valence-corrected chi connectivity index (χ0v) is 17.7. The molecule has 0 bridgehead atoms. The van der Waals surface area contributed by atoms with Gasteiger partial charge in [-0.15, -0.1) is 0 Å². The van der Waals surface area contributed by atoms with Crippen molar-refractivity contribution in [2.45, 2.75) is 20.0 Å². The minimum absolute atomic E-state index is 0.0248. The van der Waals surface area contributed by atoms with Crippen LogP contribution in [0, 0.1) is 44.2 Å². The van der Waals surface area contributed by atoms with E-state index in [1.165, 1.54) is 19.9 Å². The molecule has 0 amide bonds. The molecule has 0 aliphatic carbocycles. The van der Waals surface area contributed by atoms with Crippen LogP contribution in [-0.2, 0) is 15.3 Å². The Morgan fingerprint density at radius 1 is 0.848 bits per heavy atom. The number of phosphoric acid groups is 1. The van der Waals surface area contributed by atoms with Crippen molar-refractivity contribution in [3.63, 3.8) is 0 Å². The van der Waals surface area contributed by atoms with Crippen LogP contribution in [-0.4, -0.2) is 21.9 Å². The number of hydrogen-bond acceptors (Lipinski definition) is 10. The zero-order valence-electron chi connectivity index (χ0n) is 16.8. The van der Waals surface area contributed by atoms with E-state index in [4.69, 9.17) is 4.52 Å². The number of non-ortho nitro benzene ring substituents is 1. The molecule has 0 radical (unpaired) electrons. The summed E-state index contributed by atoms with van der Waals surface area (Å²) in [5.41, 5.74) is -5.18. The lowest BCUT2D eigenvalue weighted by atomic mass is 10.1. The van der Waals surface area contributed by atoms with Gasteiger partial charge in [0.2, 0.25) is 11.5 Å². The van der Waals surface area contributed by atoms with Gasteiger partial charge in [-0.05, 0) is 25.0 Å². The molecule has 0 spiro atoms. The van der Waals surface area contributed by atoms with Crippen molar-refractivity contribution >= 4 is 24.9 Å². The molecular formula is C16H13F3N3O10P. The van der Waals surface area contributed by atoms with E-state index in [1.807, 2.05) is 0 Å². The SMILES string of the molecule is COP(=O)(Oc1c(C)cc(C)cc1[N+](=O)[O-])Oc1c([N+](=O)[O-])cc([N+](=O)[O-])cc1C(F)(F)F. The van der Waals surface area contributed by atoms with Crippen molar-refractivity contribution in [3.8, 4) is 11.5 Å². The number of phosphoric ester groups is 1. The van der Waals surface area contributed by atoms with Gasteiger partial charge in [0.15, 0.2) is 0 Å². The van der Waals surface area contributed by atoms with Crippen molar-refractivity contribution in [2.75, 3.05) is 7.11 Å². The molecular weight excluding hydrogens is 482 g/mol. The van der Waals surface area contributed by atoms with Crippen LogP contribution in [0.5, 0.6) is 11.5 Å². The third-order valence-electron chi connectivity index (χ3n) is 3.99. The van der Waals surface area contributed by atoms with E-state index >= 15 is 0 Å². The second-order valence-electron chi connectivity index (χ2n) is 6.35. The molecule has 0 heterocycles. The van der Waals surface area contributed by atoms with Gasteiger partial charge in [0.25, 0.3) is 5.69 Å².